The van der Waals surface area contributed by atoms with Gasteiger partial charge in [-0.1, -0.05) is 0 Å². The molecule has 1 aromatic heterocycles. The van der Waals surface area contributed by atoms with Crippen LogP contribution in [0.3, 0.4) is 0 Å². The van der Waals surface area contributed by atoms with E-state index in [1.54, 1.807) is 18.3 Å². The third-order valence-corrected chi connectivity index (χ3v) is 3.82. The monoisotopic (exact) mass is 276 g/mol. The summed E-state index contributed by atoms with van der Waals surface area (Å²) in [6, 6.07) is 1.88. The molecule has 0 aromatic carbocycles. The lowest BCUT2D eigenvalue weighted by atomic mass is 10.2. The number of primary amides is 1. The van der Waals surface area contributed by atoms with E-state index in [1.807, 2.05) is 18.4 Å². The Labute approximate surface area is 95.8 Å². The van der Waals surface area contributed by atoms with Gasteiger partial charge >= 0.3 is 0 Å². The second-order valence-electron chi connectivity index (χ2n) is 3.18. The second kappa shape index (κ2) is 4.91. The molecule has 3 nitrogen and oxygen atoms in total. The van der Waals surface area contributed by atoms with Crippen LogP contribution in [0.5, 0.6) is 0 Å². The van der Waals surface area contributed by atoms with E-state index in [-0.39, 0.29) is 18.0 Å². The van der Waals surface area contributed by atoms with Crippen LogP contribution >= 0.6 is 27.3 Å². The van der Waals surface area contributed by atoms with Crippen LogP contribution in [0.15, 0.2) is 15.9 Å². The number of rotatable bonds is 4. The molecule has 2 unspecified atom stereocenters. The molecule has 0 saturated heterocycles. The molecule has 0 radical (unpaired) electrons. The van der Waals surface area contributed by atoms with Crippen LogP contribution < -0.4 is 11.1 Å². The number of carbonyl (C=O) groups is 1. The van der Waals surface area contributed by atoms with Gasteiger partial charge in [0.05, 0.1) is 6.04 Å². The summed E-state index contributed by atoms with van der Waals surface area (Å²) >= 11 is 5.04. The van der Waals surface area contributed by atoms with Crippen LogP contribution in [0.2, 0.25) is 0 Å². The molecular weight excluding hydrogens is 264 g/mol. The summed E-state index contributed by atoms with van der Waals surface area (Å²) in [5, 5.41) is 5.14. The van der Waals surface area contributed by atoms with Crippen molar-refractivity contribution >= 4 is 33.2 Å². The fraction of sp³-hybridized carbons (Fsp3) is 0.444. The van der Waals surface area contributed by atoms with Crippen molar-refractivity contribution in [2.24, 2.45) is 5.73 Å². The van der Waals surface area contributed by atoms with Gasteiger partial charge in [-0.2, -0.15) is 0 Å². The molecule has 0 fully saturated rings. The van der Waals surface area contributed by atoms with Gasteiger partial charge in [-0.05, 0) is 35.8 Å². The van der Waals surface area contributed by atoms with Gasteiger partial charge in [0.2, 0.25) is 5.91 Å². The predicted octanol–water partition coefficient (Wildman–Crippen LogP) is 2.04. The Morgan fingerprint density at radius 2 is 2.29 bits per heavy atom. The molecule has 1 heterocycles. The maximum absolute atomic E-state index is 10.8. The number of hydrogen-bond donors (Lipinski definition) is 2. The first kappa shape index (κ1) is 11.7. The molecule has 1 aromatic rings. The van der Waals surface area contributed by atoms with Crippen LogP contribution in [-0.4, -0.2) is 11.9 Å². The molecule has 78 valence electrons. The molecule has 0 spiro atoms. The highest BCUT2D eigenvalue weighted by Gasteiger charge is 2.14. The molecule has 0 aliphatic carbocycles. The normalized spacial score (nSPS) is 15.1. The topological polar surface area (TPSA) is 55.1 Å². The number of thiophene rings is 1. The van der Waals surface area contributed by atoms with Crippen LogP contribution in [0, 0.1) is 0 Å². The van der Waals surface area contributed by atoms with E-state index in [9.17, 15) is 4.79 Å². The Balaban J connectivity index is 2.58. The SMILES string of the molecule is CC(NC(C)c1cc(Br)cs1)C(N)=O. The average molecular weight is 277 g/mol. The molecule has 0 saturated carbocycles. The number of hydrogen-bond acceptors (Lipinski definition) is 3. The predicted molar refractivity (Wildman–Crippen MR) is 62.2 cm³/mol. The fourth-order valence-corrected chi connectivity index (χ4v) is 2.56. The molecule has 1 rings (SSSR count). The minimum absolute atomic E-state index is 0.147. The van der Waals surface area contributed by atoms with Gasteiger partial charge in [0.25, 0.3) is 0 Å². The number of halogens is 1. The molecule has 3 N–H and O–H groups in total. The zero-order valence-corrected chi connectivity index (χ0v) is 10.5. The minimum Gasteiger partial charge on any atom is -0.368 e. The minimum atomic E-state index is -0.326. The summed E-state index contributed by atoms with van der Waals surface area (Å²) in [6.45, 7) is 3.78. The zero-order valence-electron chi connectivity index (χ0n) is 8.08. The number of nitrogens with two attached hydrogens (primary N) is 1. The summed E-state index contributed by atoms with van der Waals surface area (Å²) in [4.78, 5) is 12.0. The van der Waals surface area contributed by atoms with Crippen molar-refractivity contribution < 1.29 is 4.79 Å². The first-order chi connectivity index (χ1) is 6.50. The standard InChI is InChI=1S/C9H13BrN2OS/c1-5(12-6(2)9(11)13)8-3-7(10)4-14-8/h3-6,12H,1-2H3,(H2,11,13). The Bertz CT molecular complexity index is 326. The van der Waals surface area contributed by atoms with Crippen molar-refractivity contribution in [2.45, 2.75) is 25.9 Å². The molecule has 2 atom stereocenters. The molecule has 1 amide bonds. The van der Waals surface area contributed by atoms with E-state index in [4.69, 9.17) is 5.73 Å². The van der Waals surface area contributed by atoms with E-state index in [0.717, 1.165) is 4.47 Å². The summed E-state index contributed by atoms with van der Waals surface area (Å²) in [6.07, 6.45) is 0. The zero-order chi connectivity index (χ0) is 10.7. The maximum Gasteiger partial charge on any atom is 0.234 e. The molecule has 14 heavy (non-hydrogen) atoms. The van der Waals surface area contributed by atoms with Crippen LogP contribution in [0.25, 0.3) is 0 Å². The van der Waals surface area contributed by atoms with Gasteiger partial charge in [-0.15, -0.1) is 11.3 Å². The lowest BCUT2D eigenvalue weighted by Crippen LogP contribution is -2.39. The highest BCUT2D eigenvalue weighted by atomic mass is 79.9. The van der Waals surface area contributed by atoms with Crippen molar-refractivity contribution in [1.29, 1.82) is 0 Å². The summed E-state index contributed by atoms with van der Waals surface area (Å²) in [5.41, 5.74) is 5.16. The van der Waals surface area contributed by atoms with Crippen LogP contribution in [-0.2, 0) is 4.79 Å². The van der Waals surface area contributed by atoms with Crippen LogP contribution in [0.4, 0.5) is 0 Å². The highest BCUT2D eigenvalue weighted by Crippen LogP contribution is 2.25. The van der Waals surface area contributed by atoms with E-state index >= 15 is 0 Å². The van der Waals surface area contributed by atoms with E-state index in [0.29, 0.717) is 0 Å². The molecular formula is C9H13BrN2OS. The number of amides is 1. The first-order valence-corrected chi connectivity index (χ1v) is 5.97. The van der Waals surface area contributed by atoms with Gasteiger partial charge in [0.15, 0.2) is 0 Å². The van der Waals surface area contributed by atoms with Crippen molar-refractivity contribution in [3.63, 3.8) is 0 Å². The first-order valence-electron chi connectivity index (χ1n) is 4.30. The van der Waals surface area contributed by atoms with Gasteiger partial charge in [-0.25, -0.2) is 0 Å². The van der Waals surface area contributed by atoms with E-state index < -0.39 is 0 Å². The van der Waals surface area contributed by atoms with Gasteiger partial charge in [0, 0.05) is 20.8 Å². The van der Waals surface area contributed by atoms with Gasteiger partial charge < -0.3 is 5.73 Å². The smallest absolute Gasteiger partial charge is 0.234 e. The number of carbonyl (C=O) groups excluding carboxylic acids is 1. The third kappa shape index (κ3) is 3.08. The molecule has 0 aliphatic rings. The van der Waals surface area contributed by atoms with Crippen molar-refractivity contribution in [3.8, 4) is 0 Å². The lowest BCUT2D eigenvalue weighted by molar-refractivity contribution is -0.119. The summed E-state index contributed by atoms with van der Waals surface area (Å²) in [7, 11) is 0. The van der Waals surface area contributed by atoms with Crippen molar-refractivity contribution in [3.05, 3.63) is 20.8 Å². The Morgan fingerprint density at radius 1 is 1.64 bits per heavy atom. The van der Waals surface area contributed by atoms with E-state index in [1.165, 1.54) is 4.88 Å². The largest absolute Gasteiger partial charge is 0.368 e. The highest BCUT2D eigenvalue weighted by molar-refractivity contribution is 9.10. The van der Waals surface area contributed by atoms with Gasteiger partial charge in [-0.3, -0.25) is 10.1 Å². The Hall–Kier alpha value is -0.390. The third-order valence-electron chi connectivity index (χ3n) is 1.94. The summed E-state index contributed by atoms with van der Waals surface area (Å²) < 4.78 is 1.07. The molecule has 5 heteroatoms. The van der Waals surface area contributed by atoms with Crippen LogP contribution in [0.1, 0.15) is 24.8 Å². The number of nitrogens with one attached hydrogen (secondary N) is 1. The fourth-order valence-electron chi connectivity index (χ4n) is 1.09. The lowest BCUT2D eigenvalue weighted by Gasteiger charge is -2.15. The molecule has 0 aliphatic heterocycles. The Morgan fingerprint density at radius 3 is 2.71 bits per heavy atom. The van der Waals surface area contributed by atoms with Gasteiger partial charge in [0.1, 0.15) is 0 Å². The molecule has 0 bridgehead atoms. The summed E-state index contributed by atoms with van der Waals surface area (Å²) in [5.74, 6) is -0.326. The quantitative estimate of drug-likeness (QED) is 0.884. The average Bonchev–Trinajstić information content (AvgIpc) is 2.51. The second-order valence-corrected chi connectivity index (χ2v) is 5.04. The van der Waals surface area contributed by atoms with Crippen molar-refractivity contribution in [1.82, 2.24) is 5.32 Å². The van der Waals surface area contributed by atoms with E-state index in [2.05, 4.69) is 21.2 Å². The Kier molecular flexibility index (Phi) is 4.10. The maximum atomic E-state index is 10.8. The van der Waals surface area contributed by atoms with Crippen molar-refractivity contribution in [2.75, 3.05) is 0 Å².